The first-order chi connectivity index (χ1) is 14.4. The van der Waals surface area contributed by atoms with E-state index < -0.39 is 11.5 Å². The average Bonchev–Trinajstić information content (AvgIpc) is 2.71. The van der Waals surface area contributed by atoms with Gasteiger partial charge in [-0.05, 0) is 42.0 Å². The molecule has 0 saturated carbocycles. The number of ether oxygens (including phenoxy) is 1. The van der Waals surface area contributed by atoms with Crippen molar-refractivity contribution in [2.24, 2.45) is 0 Å². The minimum Gasteiger partial charge on any atom is -0.495 e. The monoisotopic (exact) mass is 410 g/mol. The molecule has 0 saturated heterocycles. The molecule has 0 fully saturated rings. The molecule has 1 aromatic heterocycles. The summed E-state index contributed by atoms with van der Waals surface area (Å²) in [6.45, 7) is 1.46. The number of hydrogen-bond donors (Lipinski definition) is 2. The number of carbonyl (C=O) groups excluding carboxylic acids is 2. The third kappa shape index (κ3) is 5.07. The quantitative estimate of drug-likeness (QED) is 0.651. The lowest BCUT2D eigenvalue weighted by atomic mass is 10.2. The molecule has 3 rings (SSSR count). The zero-order chi connectivity index (χ0) is 21.7. The molecule has 30 heavy (non-hydrogen) atoms. The topological polar surface area (TPSA) is 102 Å². The van der Waals surface area contributed by atoms with Crippen molar-refractivity contribution in [3.63, 3.8) is 0 Å². The van der Waals surface area contributed by atoms with Crippen molar-refractivity contribution in [2.75, 3.05) is 17.7 Å². The molecule has 0 spiro atoms. The molecular weight excluding hydrogens is 391 g/mol. The predicted molar refractivity (Wildman–Crippen MR) is 109 cm³/mol. The van der Waals surface area contributed by atoms with Crippen LogP contribution in [0.3, 0.4) is 0 Å². The van der Waals surface area contributed by atoms with Gasteiger partial charge in [-0.25, -0.2) is 9.07 Å². The molecule has 2 aromatic carbocycles. The first-order valence-electron chi connectivity index (χ1n) is 8.95. The number of halogens is 1. The third-order valence-electron chi connectivity index (χ3n) is 4.11. The van der Waals surface area contributed by atoms with Crippen LogP contribution in [0.4, 0.5) is 15.8 Å². The van der Waals surface area contributed by atoms with Gasteiger partial charge in [-0.3, -0.25) is 14.4 Å². The van der Waals surface area contributed by atoms with E-state index in [9.17, 15) is 18.8 Å². The van der Waals surface area contributed by atoms with Crippen LogP contribution in [0.15, 0.2) is 59.4 Å². The van der Waals surface area contributed by atoms with E-state index in [0.29, 0.717) is 22.7 Å². The summed E-state index contributed by atoms with van der Waals surface area (Å²) in [5.74, 6) is -0.826. The number of rotatable bonds is 6. The summed E-state index contributed by atoms with van der Waals surface area (Å²) in [5, 5.41) is 9.39. The Morgan fingerprint density at radius 2 is 1.80 bits per heavy atom. The molecule has 0 unspecified atom stereocenters. The molecule has 2 amide bonds. The van der Waals surface area contributed by atoms with E-state index in [2.05, 4.69) is 15.7 Å². The molecule has 0 atom stereocenters. The Balaban J connectivity index is 1.84. The second-order valence-electron chi connectivity index (χ2n) is 6.39. The van der Waals surface area contributed by atoms with Crippen molar-refractivity contribution < 1.29 is 18.7 Å². The number of hydrogen-bond acceptors (Lipinski definition) is 5. The Kier molecular flexibility index (Phi) is 6.21. The van der Waals surface area contributed by atoms with E-state index in [1.807, 2.05) is 0 Å². The lowest BCUT2D eigenvalue weighted by molar-refractivity contribution is -0.114. The SMILES string of the molecule is COc1ccc(NC(C)=O)cc1NC(=O)c1ccc(=O)n(Cc2ccc(F)cc2)n1. The van der Waals surface area contributed by atoms with Crippen LogP contribution in [0.25, 0.3) is 0 Å². The lowest BCUT2D eigenvalue weighted by Gasteiger charge is -2.13. The smallest absolute Gasteiger partial charge is 0.276 e. The van der Waals surface area contributed by atoms with Gasteiger partial charge in [0.1, 0.15) is 17.3 Å². The Labute approximate surface area is 171 Å². The normalized spacial score (nSPS) is 10.4. The van der Waals surface area contributed by atoms with Crippen LogP contribution in [-0.2, 0) is 11.3 Å². The zero-order valence-corrected chi connectivity index (χ0v) is 16.3. The summed E-state index contributed by atoms with van der Waals surface area (Å²) in [4.78, 5) is 36.1. The standard InChI is InChI=1S/C21H19FN4O4/c1-13(27)23-16-7-9-19(30-2)18(11-16)24-21(29)17-8-10-20(28)26(25-17)12-14-3-5-15(22)6-4-14/h3-11H,12H2,1-2H3,(H,23,27)(H,24,29). The van der Waals surface area contributed by atoms with Gasteiger partial charge < -0.3 is 15.4 Å². The van der Waals surface area contributed by atoms with Gasteiger partial charge >= 0.3 is 0 Å². The van der Waals surface area contributed by atoms with E-state index >= 15 is 0 Å². The summed E-state index contributed by atoms with van der Waals surface area (Å²) in [6.07, 6.45) is 0. The van der Waals surface area contributed by atoms with Gasteiger partial charge in [-0.2, -0.15) is 5.10 Å². The maximum absolute atomic E-state index is 13.1. The lowest BCUT2D eigenvalue weighted by Crippen LogP contribution is -2.26. The second kappa shape index (κ2) is 8.99. The highest BCUT2D eigenvalue weighted by molar-refractivity contribution is 6.04. The summed E-state index contributed by atoms with van der Waals surface area (Å²) in [5.41, 5.74) is 1.07. The molecule has 0 radical (unpaired) electrons. The maximum Gasteiger partial charge on any atom is 0.276 e. The van der Waals surface area contributed by atoms with Gasteiger partial charge in [0.2, 0.25) is 5.91 Å². The minimum absolute atomic E-state index is 0.00342. The molecular formula is C21H19FN4O4. The molecule has 154 valence electrons. The van der Waals surface area contributed by atoms with Gasteiger partial charge in [-0.1, -0.05) is 12.1 Å². The maximum atomic E-state index is 13.1. The molecule has 0 aliphatic heterocycles. The highest BCUT2D eigenvalue weighted by Gasteiger charge is 2.14. The second-order valence-corrected chi connectivity index (χ2v) is 6.39. The van der Waals surface area contributed by atoms with Crippen molar-refractivity contribution in [1.82, 2.24) is 9.78 Å². The Morgan fingerprint density at radius 3 is 2.47 bits per heavy atom. The fourth-order valence-electron chi connectivity index (χ4n) is 2.72. The largest absolute Gasteiger partial charge is 0.495 e. The number of amides is 2. The Hall–Kier alpha value is -4.01. The Morgan fingerprint density at radius 1 is 1.07 bits per heavy atom. The molecule has 0 bridgehead atoms. The number of benzene rings is 2. The van der Waals surface area contributed by atoms with Crippen molar-refractivity contribution in [3.05, 3.63) is 82.0 Å². The summed E-state index contributed by atoms with van der Waals surface area (Å²) >= 11 is 0. The van der Waals surface area contributed by atoms with Crippen LogP contribution in [0.2, 0.25) is 0 Å². The van der Waals surface area contributed by atoms with E-state index in [1.165, 1.54) is 50.4 Å². The summed E-state index contributed by atoms with van der Waals surface area (Å²) < 4.78 is 19.4. The molecule has 3 aromatic rings. The fourth-order valence-corrected chi connectivity index (χ4v) is 2.72. The van der Waals surface area contributed by atoms with Gasteiger partial charge in [0.15, 0.2) is 0 Å². The molecule has 0 aliphatic carbocycles. The average molecular weight is 410 g/mol. The Bertz CT molecular complexity index is 1140. The minimum atomic E-state index is -0.568. The van der Waals surface area contributed by atoms with Gasteiger partial charge in [0.05, 0.1) is 19.3 Å². The van der Waals surface area contributed by atoms with E-state index in [4.69, 9.17) is 4.74 Å². The molecule has 0 aliphatic rings. The van der Waals surface area contributed by atoms with Gasteiger partial charge in [0, 0.05) is 18.7 Å². The number of aromatic nitrogens is 2. The number of anilines is 2. The van der Waals surface area contributed by atoms with Crippen LogP contribution in [0.1, 0.15) is 23.0 Å². The molecule has 8 nitrogen and oxygen atoms in total. The van der Waals surface area contributed by atoms with Gasteiger partial charge in [-0.15, -0.1) is 0 Å². The first-order valence-corrected chi connectivity index (χ1v) is 8.95. The molecule has 2 N–H and O–H groups in total. The highest BCUT2D eigenvalue weighted by Crippen LogP contribution is 2.28. The number of carbonyl (C=O) groups is 2. The number of methoxy groups -OCH3 is 1. The van der Waals surface area contributed by atoms with Gasteiger partial charge in [0.25, 0.3) is 11.5 Å². The molecule has 9 heteroatoms. The summed E-state index contributed by atoms with van der Waals surface area (Å²) in [7, 11) is 1.45. The highest BCUT2D eigenvalue weighted by atomic mass is 19.1. The third-order valence-corrected chi connectivity index (χ3v) is 4.11. The van der Waals surface area contributed by atoms with Crippen molar-refractivity contribution in [2.45, 2.75) is 13.5 Å². The number of nitrogens with one attached hydrogen (secondary N) is 2. The van der Waals surface area contributed by atoms with Crippen molar-refractivity contribution >= 4 is 23.2 Å². The predicted octanol–water partition coefficient (Wildman–Crippen LogP) is 2.65. The number of nitrogens with zero attached hydrogens (tertiary/aromatic N) is 2. The van der Waals surface area contributed by atoms with E-state index in [-0.39, 0.29) is 24.0 Å². The van der Waals surface area contributed by atoms with Crippen LogP contribution in [-0.4, -0.2) is 28.7 Å². The molecule has 1 heterocycles. The van der Waals surface area contributed by atoms with Crippen LogP contribution < -0.4 is 20.9 Å². The first kappa shape index (κ1) is 20.7. The van der Waals surface area contributed by atoms with Crippen molar-refractivity contribution in [3.8, 4) is 5.75 Å². The van der Waals surface area contributed by atoms with Crippen LogP contribution >= 0.6 is 0 Å². The van der Waals surface area contributed by atoms with E-state index in [0.717, 1.165) is 4.68 Å². The fraction of sp³-hybridized carbons (Fsp3) is 0.143. The van der Waals surface area contributed by atoms with Crippen LogP contribution in [0.5, 0.6) is 5.75 Å². The van der Waals surface area contributed by atoms with E-state index in [1.54, 1.807) is 18.2 Å². The van der Waals surface area contributed by atoms with Crippen LogP contribution in [0, 0.1) is 5.82 Å². The summed E-state index contributed by atoms with van der Waals surface area (Å²) in [6, 6.07) is 13.0. The van der Waals surface area contributed by atoms with Crippen molar-refractivity contribution in [1.29, 1.82) is 0 Å². The zero-order valence-electron chi connectivity index (χ0n) is 16.3.